The lowest BCUT2D eigenvalue weighted by molar-refractivity contribution is 0.747. The molecule has 72 valence electrons. The Morgan fingerprint density at radius 2 is 2.29 bits per heavy atom. The zero-order chi connectivity index (χ0) is 10.1. The summed E-state index contributed by atoms with van der Waals surface area (Å²) in [5.41, 5.74) is 5.34. The van der Waals surface area contributed by atoms with E-state index in [1.807, 2.05) is 0 Å². The van der Waals surface area contributed by atoms with Crippen LogP contribution in [0.2, 0.25) is 0 Å². The van der Waals surface area contributed by atoms with Gasteiger partial charge in [0.2, 0.25) is 0 Å². The Morgan fingerprint density at radius 3 is 2.93 bits per heavy atom. The van der Waals surface area contributed by atoms with Crippen molar-refractivity contribution in [2.75, 3.05) is 5.73 Å². The molecule has 0 aliphatic carbocycles. The molecule has 0 amide bonds. The SMILES string of the molecule is Cn1cnc(-n2cccc(N)c2=O)n1. The van der Waals surface area contributed by atoms with Crippen LogP contribution < -0.4 is 11.3 Å². The van der Waals surface area contributed by atoms with Crippen molar-refractivity contribution >= 4 is 5.69 Å². The summed E-state index contributed by atoms with van der Waals surface area (Å²) < 4.78 is 2.82. The standard InChI is InChI=1S/C8H9N5O/c1-12-5-10-8(11-12)13-4-2-3-6(9)7(13)14/h2-5H,9H2,1H3. The molecule has 0 bridgehead atoms. The minimum absolute atomic E-state index is 0.181. The monoisotopic (exact) mass is 191 g/mol. The molecule has 6 heteroatoms. The second kappa shape index (κ2) is 2.99. The van der Waals surface area contributed by atoms with E-state index in [2.05, 4.69) is 10.1 Å². The topological polar surface area (TPSA) is 78.7 Å². The van der Waals surface area contributed by atoms with Crippen molar-refractivity contribution in [1.82, 2.24) is 19.3 Å². The smallest absolute Gasteiger partial charge is 0.280 e. The van der Waals surface area contributed by atoms with E-state index in [4.69, 9.17) is 5.73 Å². The molecule has 0 saturated carbocycles. The van der Waals surface area contributed by atoms with Crippen molar-refractivity contribution in [2.45, 2.75) is 0 Å². The quantitative estimate of drug-likeness (QED) is 0.662. The maximum Gasteiger partial charge on any atom is 0.280 e. The molecule has 2 heterocycles. The molecule has 6 nitrogen and oxygen atoms in total. The first-order chi connectivity index (χ1) is 6.68. The zero-order valence-electron chi connectivity index (χ0n) is 7.58. The molecule has 0 aromatic carbocycles. The largest absolute Gasteiger partial charge is 0.394 e. The van der Waals surface area contributed by atoms with Crippen molar-refractivity contribution in [1.29, 1.82) is 0 Å². The van der Waals surface area contributed by atoms with Gasteiger partial charge < -0.3 is 5.73 Å². The van der Waals surface area contributed by atoms with Gasteiger partial charge in [-0.05, 0) is 12.1 Å². The highest BCUT2D eigenvalue weighted by Crippen LogP contribution is 1.97. The third kappa shape index (κ3) is 1.26. The number of nitrogens with two attached hydrogens (primary N) is 1. The summed E-state index contributed by atoms with van der Waals surface area (Å²) in [4.78, 5) is 15.5. The van der Waals surface area contributed by atoms with Crippen LogP contribution >= 0.6 is 0 Å². The van der Waals surface area contributed by atoms with Crippen LogP contribution in [0, 0.1) is 0 Å². The Morgan fingerprint density at radius 1 is 1.50 bits per heavy atom. The molecule has 2 N–H and O–H groups in total. The third-order valence-electron chi connectivity index (χ3n) is 1.78. The molecule has 0 spiro atoms. The van der Waals surface area contributed by atoms with Crippen LogP contribution in [-0.4, -0.2) is 19.3 Å². The fourth-order valence-corrected chi connectivity index (χ4v) is 1.11. The van der Waals surface area contributed by atoms with Crippen molar-refractivity contribution in [3.8, 4) is 5.95 Å². The van der Waals surface area contributed by atoms with Crippen LogP contribution in [0.25, 0.3) is 5.95 Å². The average Bonchev–Trinajstić information content (AvgIpc) is 2.57. The van der Waals surface area contributed by atoms with E-state index >= 15 is 0 Å². The second-order valence-electron chi connectivity index (χ2n) is 2.86. The molecule has 0 aliphatic heterocycles. The summed E-state index contributed by atoms with van der Waals surface area (Å²) in [6, 6.07) is 3.22. The Labute approximate surface area is 79.6 Å². The summed E-state index contributed by atoms with van der Waals surface area (Å²) >= 11 is 0. The van der Waals surface area contributed by atoms with Gasteiger partial charge in [-0.2, -0.15) is 4.98 Å². The average molecular weight is 191 g/mol. The van der Waals surface area contributed by atoms with Gasteiger partial charge in [-0.3, -0.25) is 9.48 Å². The zero-order valence-corrected chi connectivity index (χ0v) is 7.58. The summed E-state index contributed by atoms with van der Waals surface area (Å²) in [6.45, 7) is 0. The van der Waals surface area contributed by atoms with Crippen molar-refractivity contribution in [2.24, 2.45) is 7.05 Å². The predicted octanol–water partition coefficient (Wildman–Crippen LogP) is -0.452. The van der Waals surface area contributed by atoms with E-state index in [0.717, 1.165) is 0 Å². The summed E-state index contributed by atoms with van der Waals surface area (Å²) in [5.74, 6) is 0.324. The van der Waals surface area contributed by atoms with Crippen molar-refractivity contribution in [3.63, 3.8) is 0 Å². The highest BCUT2D eigenvalue weighted by Gasteiger charge is 2.05. The molecular weight excluding hydrogens is 182 g/mol. The molecule has 0 saturated heterocycles. The number of aromatic nitrogens is 4. The molecule has 14 heavy (non-hydrogen) atoms. The lowest BCUT2D eigenvalue weighted by atomic mass is 10.4. The van der Waals surface area contributed by atoms with E-state index in [1.54, 1.807) is 25.4 Å². The van der Waals surface area contributed by atoms with Crippen LogP contribution in [-0.2, 0) is 7.05 Å². The van der Waals surface area contributed by atoms with Crippen LogP contribution in [0.5, 0.6) is 0 Å². The van der Waals surface area contributed by atoms with E-state index in [9.17, 15) is 4.79 Å². The molecule has 0 unspecified atom stereocenters. The van der Waals surface area contributed by atoms with Gasteiger partial charge >= 0.3 is 0 Å². The van der Waals surface area contributed by atoms with Crippen LogP contribution in [0.15, 0.2) is 29.5 Å². The van der Waals surface area contributed by atoms with Crippen molar-refractivity contribution in [3.05, 3.63) is 35.0 Å². The number of hydrogen-bond acceptors (Lipinski definition) is 4. The number of nitrogens with zero attached hydrogens (tertiary/aromatic N) is 4. The number of pyridine rings is 1. The maximum atomic E-state index is 11.5. The molecule has 2 rings (SSSR count). The number of aryl methyl sites for hydroxylation is 1. The van der Waals surface area contributed by atoms with Gasteiger partial charge in [0.25, 0.3) is 11.5 Å². The Bertz CT molecular complexity index is 512. The maximum absolute atomic E-state index is 11.5. The van der Waals surface area contributed by atoms with Gasteiger partial charge in [-0.15, -0.1) is 5.10 Å². The van der Waals surface area contributed by atoms with Gasteiger partial charge in [-0.1, -0.05) is 0 Å². The lowest BCUT2D eigenvalue weighted by Crippen LogP contribution is -2.21. The van der Waals surface area contributed by atoms with Gasteiger partial charge in [0.1, 0.15) is 6.33 Å². The first-order valence-corrected chi connectivity index (χ1v) is 4.01. The number of nitrogen functional groups attached to an aromatic ring is 1. The Hall–Kier alpha value is -2.11. The molecule has 2 aromatic rings. The molecule has 0 atom stereocenters. The molecule has 2 aromatic heterocycles. The molecule has 0 fully saturated rings. The number of anilines is 1. The lowest BCUT2D eigenvalue weighted by Gasteiger charge is -1.99. The Kier molecular flexibility index (Phi) is 1.81. The molecule has 0 aliphatic rings. The predicted molar refractivity (Wildman–Crippen MR) is 51.0 cm³/mol. The minimum Gasteiger partial charge on any atom is -0.394 e. The fourth-order valence-electron chi connectivity index (χ4n) is 1.11. The normalized spacial score (nSPS) is 10.4. The van der Waals surface area contributed by atoms with Crippen LogP contribution in [0.1, 0.15) is 0 Å². The summed E-state index contributed by atoms with van der Waals surface area (Å²) in [6.07, 6.45) is 3.10. The van der Waals surface area contributed by atoms with Crippen molar-refractivity contribution < 1.29 is 0 Å². The van der Waals surface area contributed by atoms with E-state index in [1.165, 1.54) is 15.6 Å². The number of rotatable bonds is 1. The van der Waals surface area contributed by atoms with E-state index in [0.29, 0.717) is 5.95 Å². The van der Waals surface area contributed by atoms with Gasteiger partial charge in [0, 0.05) is 13.2 Å². The van der Waals surface area contributed by atoms with E-state index in [-0.39, 0.29) is 11.2 Å². The van der Waals surface area contributed by atoms with Crippen LogP contribution in [0.4, 0.5) is 5.69 Å². The summed E-state index contributed by atoms with van der Waals surface area (Å²) in [7, 11) is 1.73. The highest BCUT2D eigenvalue weighted by atomic mass is 16.1. The Balaban J connectivity index is 2.63. The third-order valence-corrected chi connectivity index (χ3v) is 1.78. The molecular formula is C8H9N5O. The first kappa shape index (κ1) is 8.49. The second-order valence-corrected chi connectivity index (χ2v) is 2.86. The van der Waals surface area contributed by atoms with Crippen LogP contribution in [0.3, 0.4) is 0 Å². The van der Waals surface area contributed by atoms with Gasteiger partial charge in [0.15, 0.2) is 0 Å². The molecule has 0 radical (unpaired) electrons. The fraction of sp³-hybridized carbons (Fsp3) is 0.125. The first-order valence-electron chi connectivity index (χ1n) is 4.01. The van der Waals surface area contributed by atoms with Gasteiger partial charge in [0.05, 0.1) is 5.69 Å². The van der Waals surface area contributed by atoms with E-state index < -0.39 is 0 Å². The minimum atomic E-state index is -0.307. The summed E-state index contributed by atoms with van der Waals surface area (Å²) in [5, 5.41) is 4.00. The highest BCUT2D eigenvalue weighted by molar-refractivity contribution is 5.35. The number of hydrogen-bond donors (Lipinski definition) is 1. The van der Waals surface area contributed by atoms with Gasteiger partial charge in [-0.25, -0.2) is 4.57 Å².